The van der Waals surface area contributed by atoms with Gasteiger partial charge in [-0.25, -0.2) is 0 Å². The lowest BCUT2D eigenvalue weighted by atomic mass is 10.2. The number of hydrogen-bond donors (Lipinski definition) is 2. The van der Waals surface area contributed by atoms with Crippen LogP contribution in [0.4, 0.5) is 5.69 Å². The zero-order valence-corrected chi connectivity index (χ0v) is 14.6. The number of thiocarbonyl (C=S) groups is 1. The van der Waals surface area contributed by atoms with Crippen LogP contribution >= 0.6 is 12.2 Å². The Hall–Kier alpha value is -2.74. The SMILES string of the molecule is CCNC(=S)NN=Cc1cc(C)n(-c2cccc([N+](=O)[O-])c2)c1C. The summed E-state index contributed by atoms with van der Waals surface area (Å²) in [5.41, 5.74) is 6.36. The maximum absolute atomic E-state index is 11.0. The zero-order chi connectivity index (χ0) is 17.7. The molecule has 1 heterocycles. The third kappa shape index (κ3) is 3.96. The number of aryl methyl sites for hydroxylation is 1. The fourth-order valence-electron chi connectivity index (χ4n) is 2.42. The number of nitrogens with zero attached hydrogens (tertiary/aromatic N) is 3. The van der Waals surface area contributed by atoms with Crippen molar-refractivity contribution in [2.24, 2.45) is 5.10 Å². The maximum atomic E-state index is 11.0. The molecule has 2 N–H and O–H groups in total. The van der Waals surface area contributed by atoms with Crippen LogP contribution in [0, 0.1) is 24.0 Å². The van der Waals surface area contributed by atoms with E-state index in [-0.39, 0.29) is 5.69 Å². The molecule has 0 bridgehead atoms. The van der Waals surface area contributed by atoms with E-state index in [1.165, 1.54) is 6.07 Å². The lowest BCUT2D eigenvalue weighted by molar-refractivity contribution is -0.384. The molecule has 0 amide bonds. The number of aromatic nitrogens is 1. The molecule has 7 nitrogen and oxygen atoms in total. The lowest BCUT2D eigenvalue weighted by Crippen LogP contribution is -2.31. The van der Waals surface area contributed by atoms with Crippen molar-refractivity contribution >= 4 is 29.2 Å². The van der Waals surface area contributed by atoms with Crippen LogP contribution in [0.2, 0.25) is 0 Å². The Bertz CT molecular complexity index is 798. The molecule has 0 saturated heterocycles. The minimum Gasteiger partial charge on any atom is -0.362 e. The molecule has 24 heavy (non-hydrogen) atoms. The Balaban J connectivity index is 2.29. The van der Waals surface area contributed by atoms with Crippen LogP contribution in [0.25, 0.3) is 5.69 Å². The normalized spacial score (nSPS) is 10.8. The van der Waals surface area contributed by atoms with Crippen LogP contribution < -0.4 is 10.7 Å². The summed E-state index contributed by atoms with van der Waals surface area (Å²) in [5, 5.41) is 18.5. The van der Waals surface area contributed by atoms with E-state index in [1.807, 2.05) is 37.5 Å². The Morgan fingerprint density at radius 1 is 1.42 bits per heavy atom. The standard InChI is InChI=1S/C16H19N5O2S/c1-4-17-16(24)19-18-10-13-8-11(2)20(12(13)3)14-6-5-7-15(9-14)21(22)23/h5-10H,4H2,1-3H3,(H2,17,19,24). The molecule has 0 radical (unpaired) electrons. The van der Waals surface area contributed by atoms with Gasteiger partial charge in [-0.1, -0.05) is 6.07 Å². The van der Waals surface area contributed by atoms with Gasteiger partial charge in [0.1, 0.15) is 0 Å². The molecule has 0 spiro atoms. The van der Waals surface area contributed by atoms with Crippen molar-refractivity contribution in [2.75, 3.05) is 6.54 Å². The van der Waals surface area contributed by atoms with E-state index in [1.54, 1.807) is 18.3 Å². The number of rotatable bonds is 5. The zero-order valence-electron chi connectivity index (χ0n) is 13.7. The summed E-state index contributed by atoms with van der Waals surface area (Å²) in [6, 6.07) is 8.52. The van der Waals surface area contributed by atoms with Gasteiger partial charge in [0.2, 0.25) is 0 Å². The number of non-ortho nitro benzene ring substituents is 1. The van der Waals surface area contributed by atoms with Gasteiger partial charge >= 0.3 is 0 Å². The fraction of sp³-hybridized carbons (Fsp3) is 0.250. The van der Waals surface area contributed by atoms with E-state index >= 15 is 0 Å². The second kappa shape index (κ2) is 7.69. The Morgan fingerprint density at radius 2 is 2.17 bits per heavy atom. The third-order valence-corrected chi connectivity index (χ3v) is 3.71. The molecular formula is C16H19N5O2S. The van der Waals surface area contributed by atoms with Crippen LogP contribution in [0.3, 0.4) is 0 Å². The van der Waals surface area contributed by atoms with Crippen LogP contribution in [0.1, 0.15) is 23.9 Å². The average molecular weight is 345 g/mol. The molecule has 1 aromatic carbocycles. The maximum Gasteiger partial charge on any atom is 0.271 e. The summed E-state index contributed by atoms with van der Waals surface area (Å²) >= 11 is 5.04. The van der Waals surface area contributed by atoms with Crippen molar-refractivity contribution in [3.63, 3.8) is 0 Å². The minimum absolute atomic E-state index is 0.0628. The highest BCUT2D eigenvalue weighted by Gasteiger charge is 2.12. The van der Waals surface area contributed by atoms with Gasteiger partial charge in [-0.15, -0.1) is 0 Å². The Kier molecular flexibility index (Phi) is 5.64. The summed E-state index contributed by atoms with van der Waals surface area (Å²) in [7, 11) is 0. The molecule has 2 aromatic rings. The molecule has 8 heteroatoms. The summed E-state index contributed by atoms with van der Waals surface area (Å²) in [4.78, 5) is 10.6. The smallest absolute Gasteiger partial charge is 0.271 e. The fourth-order valence-corrected chi connectivity index (χ4v) is 2.62. The van der Waals surface area contributed by atoms with Crippen molar-refractivity contribution in [3.8, 4) is 5.69 Å². The summed E-state index contributed by atoms with van der Waals surface area (Å²) < 4.78 is 1.96. The van der Waals surface area contributed by atoms with Gasteiger partial charge in [0, 0.05) is 35.6 Å². The first-order valence-corrected chi connectivity index (χ1v) is 7.85. The number of nitrogens with one attached hydrogen (secondary N) is 2. The highest BCUT2D eigenvalue weighted by atomic mass is 32.1. The number of nitro groups is 1. The molecule has 0 aliphatic heterocycles. The van der Waals surface area contributed by atoms with Crippen LogP contribution in [0.15, 0.2) is 35.4 Å². The molecule has 0 atom stereocenters. The van der Waals surface area contributed by atoms with Crippen molar-refractivity contribution in [1.82, 2.24) is 15.3 Å². The molecule has 0 aliphatic carbocycles. The molecule has 1 aromatic heterocycles. The van der Waals surface area contributed by atoms with Crippen LogP contribution in [-0.4, -0.2) is 27.4 Å². The van der Waals surface area contributed by atoms with Gasteiger partial charge in [-0.2, -0.15) is 5.10 Å². The molecule has 126 valence electrons. The van der Waals surface area contributed by atoms with E-state index in [0.717, 1.165) is 29.2 Å². The number of benzene rings is 1. The van der Waals surface area contributed by atoms with E-state index in [2.05, 4.69) is 15.8 Å². The summed E-state index contributed by atoms with van der Waals surface area (Å²) in [5.74, 6) is 0. The van der Waals surface area contributed by atoms with Crippen LogP contribution in [-0.2, 0) is 0 Å². The van der Waals surface area contributed by atoms with E-state index < -0.39 is 4.92 Å². The van der Waals surface area contributed by atoms with Crippen molar-refractivity contribution in [1.29, 1.82) is 0 Å². The van der Waals surface area contributed by atoms with E-state index in [9.17, 15) is 10.1 Å². The predicted molar refractivity (Wildman–Crippen MR) is 98.9 cm³/mol. The third-order valence-electron chi connectivity index (χ3n) is 3.48. The Morgan fingerprint density at radius 3 is 2.83 bits per heavy atom. The van der Waals surface area contributed by atoms with Crippen molar-refractivity contribution < 1.29 is 4.92 Å². The Labute approximate surface area is 145 Å². The summed E-state index contributed by atoms with van der Waals surface area (Å²) in [6.07, 6.45) is 1.68. The first kappa shape index (κ1) is 17.6. The topological polar surface area (TPSA) is 84.5 Å². The molecule has 0 unspecified atom stereocenters. The van der Waals surface area contributed by atoms with Gasteiger partial charge in [0.05, 0.1) is 16.8 Å². The lowest BCUT2D eigenvalue weighted by Gasteiger charge is -2.09. The highest BCUT2D eigenvalue weighted by molar-refractivity contribution is 7.80. The molecule has 0 fully saturated rings. The van der Waals surface area contributed by atoms with Gasteiger partial charge in [-0.3, -0.25) is 15.5 Å². The number of hydrazone groups is 1. The van der Waals surface area contributed by atoms with Crippen molar-refractivity contribution in [2.45, 2.75) is 20.8 Å². The minimum atomic E-state index is -0.397. The van der Waals surface area contributed by atoms with Gasteiger partial charge in [-0.05, 0) is 45.1 Å². The number of hydrogen-bond acceptors (Lipinski definition) is 4. The van der Waals surface area contributed by atoms with Gasteiger partial charge in [0.25, 0.3) is 5.69 Å². The first-order chi connectivity index (χ1) is 11.4. The first-order valence-electron chi connectivity index (χ1n) is 7.44. The van der Waals surface area contributed by atoms with Gasteiger partial charge in [0.15, 0.2) is 5.11 Å². The second-order valence-corrected chi connectivity index (χ2v) is 5.58. The quantitative estimate of drug-likeness (QED) is 0.377. The molecule has 2 rings (SSSR count). The van der Waals surface area contributed by atoms with Crippen molar-refractivity contribution in [3.05, 3.63) is 57.4 Å². The summed E-state index contributed by atoms with van der Waals surface area (Å²) in [6.45, 7) is 6.56. The number of nitro benzene ring substituents is 1. The highest BCUT2D eigenvalue weighted by Crippen LogP contribution is 2.23. The largest absolute Gasteiger partial charge is 0.362 e. The van der Waals surface area contributed by atoms with E-state index in [4.69, 9.17) is 12.2 Å². The van der Waals surface area contributed by atoms with Crippen LogP contribution in [0.5, 0.6) is 0 Å². The van der Waals surface area contributed by atoms with E-state index in [0.29, 0.717) is 5.11 Å². The molecule has 0 saturated carbocycles. The second-order valence-electron chi connectivity index (χ2n) is 5.17. The predicted octanol–water partition coefficient (Wildman–Crippen LogP) is 2.82. The average Bonchev–Trinajstić information content (AvgIpc) is 2.82. The monoisotopic (exact) mass is 345 g/mol. The molecular weight excluding hydrogens is 326 g/mol. The molecule has 0 aliphatic rings. The van der Waals surface area contributed by atoms with Gasteiger partial charge < -0.3 is 9.88 Å².